The van der Waals surface area contributed by atoms with Gasteiger partial charge in [0.25, 0.3) is 0 Å². The summed E-state index contributed by atoms with van der Waals surface area (Å²) >= 11 is 4.35. The number of Topliss-reactive ketones (excluding diaryl/α,β-unsaturated/α-hetero) is 1. The molecule has 0 saturated carbocycles. The van der Waals surface area contributed by atoms with Crippen molar-refractivity contribution in [2.24, 2.45) is 0 Å². The summed E-state index contributed by atoms with van der Waals surface area (Å²) in [5.41, 5.74) is 2.02. The molecule has 0 amide bonds. The van der Waals surface area contributed by atoms with Crippen LogP contribution in [-0.4, -0.2) is 5.78 Å². The summed E-state index contributed by atoms with van der Waals surface area (Å²) < 4.78 is 0. The Balaban J connectivity index is 3.14. The highest BCUT2D eigenvalue weighted by Crippen LogP contribution is 2.26. The second-order valence-corrected chi connectivity index (χ2v) is 5.64. The molecular weight excluding hydrogens is 216 g/mol. The van der Waals surface area contributed by atoms with E-state index in [1.807, 2.05) is 25.1 Å². The fraction of sp³-hybridized carbons (Fsp3) is 0.500. The Kier molecular flexibility index (Phi) is 4.20. The van der Waals surface area contributed by atoms with Crippen molar-refractivity contribution in [3.8, 4) is 0 Å². The molecular formula is C14H20OS. The van der Waals surface area contributed by atoms with Gasteiger partial charge in [0.1, 0.15) is 0 Å². The molecule has 0 radical (unpaired) electrons. The largest absolute Gasteiger partial charge is 0.294 e. The number of thiol groups is 1. The molecule has 0 fully saturated rings. The molecule has 0 N–H and O–H groups in total. The summed E-state index contributed by atoms with van der Waals surface area (Å²) in [4.78, 5) is 12.7. The van der Waals surface area contributed by atoms with Crippen LogP contribution in [0.4, 0.5) is 0 Å². The van der Waals surface area contributed by atoms with E-state index in [-0.39, 0.29) is 11.2 Å². The molecule has 0 aliphatic rings. The lowest BCUT2D eigenvalue weighted by atomic mass is 9.85. The van der Waals surface area contributed by atoms with Crippen LogP contribution in [0.2, 0.25) is 0 Å². The van der Waals surface area contributed by atoms with E-state index in [1.54, 1.807) is 0 Å². The van der Waals surface area contributed by atoms with Crippen molar-refractivity contribution in [1.29, 1.82) is 0 Å². The maximum absolute atomic E-state index is 11.9. The molecule has 1 rings (SSSR count). The molecule has 0 saturated heterocycles. The predicted octanol–water partition coefficient (Wildman–Crippen LogP) is 4.26. The van der Waals surface area contributed by atoms with E-state index in [0.717, 1.165) is 16.9 Å². The summed E-state index contributed by atoms with van der Waals surface area (Å²) in [6, 6.07) is 5.96. The van der Waals surface area contributed by atoms with Crippen molar-refractivity contribution in [2.45, 2.75) is 50.8 Å². The summed E-state index contributed by atoms with van der Waals surface area (Å²) in [7, 11) is 0. The van der Waals surface area contributed by atoms with Crippen LogP contribution in [0, 0.1) is 0 Å². The van der Waals surface area contributed by atoms with E-state index in [1.165, 1.54) is 5.56 Å². The second kappa shape index (κ2) is 5.05. The van der Waals surface area contributed by atoms with Gasteiger partial charge in [-0.2, -0.15) is 0 Å². The molecule has 16 heavy (non-hydrogen) atoms. The molecule has 2 heteroatoms. The van der Waals surface area contributed by atoms with E-state index in [9.17, 15) is 4.79 Å². The molecule has 0 unspecified atom stereocenters. The smallest absolute Gasteiger partial charge is 0.163 e. The van der Waals surface area contributed by atoms with E-state index in [0.29, 0.717) is 6.42 Å². The third-order valence-electron chi connectivity index (χ3n) is 2.64. The summed E-state index contributed by atoms with van der Waals surface area (Å²) in [6.07, 6.45) is 1.48. The predicted molar refractivity (Wildman–Crippen MR) is 71.6 cm³/mol. The van der Waals surface area contributed by atoms with Gasteiger partial charge in [-0.1, -0.05) is 33.8 Å². The third-order valence-corrected chi connectivity index (χ3v) is 3.03. The Morgan fingerprint density at radius 2 is 1.94 bits per heavy atom. The highest BCUT2D eigenvalue weighted by Gasteiger charge is 2.17. The zero-order chi connectivity index (χ0) is 12.3. The van der Waals surface area contributed by atoms with Crippen LogP contribution in [0.5, 0.6) is 0 Å². The van der Waals surface area contributed by atoms with Crippen molar-refractivity contribution in [3.63, 3.8) is 0 Å². The van der Waals surface area contributed by atoms with Crippen LogP contribution in [0.15, 0.2) is 23.1 Å². The Labute approximate surface area is 104 Å². The number of hydrogen-bond donors (Lipinski definition) is 1. The first-order valence-corrected chi connectivity index (χ1v) is 6.17. The molecule has 1 nitrogen and oxygen atoms in total. The molecule has 1 aromatic rings. The van der Waals surface area contributed by atoms with E-state index >= 15 is 0 Å². The SMILES string of the molecule is CCCC(=O)c1cc(C(C)(C)C)ccc1S. The number of benzene rings is 1. The quantitative estimate of drug-likeness (QED) is 0.613. The molecule has 0 bridgehead atoms. The standard InChI is InChI=1S/C14H20OS/c1-5-6-12(15)11-9-10(14(2,3)4)7-8-13(11)16/h7-9,16H,5-6H2,1-4H3. The Hall–Kier alpha value is -0.760. The lowest BCUT2D eigenvalue weighted by Crippen LogP contribution is -2.12. The first kappa shape index (κ1) is 13.3. The van der Waals surface area contributed by atoms with Crippen molar-refractivity contribution in [2.75, 3.05) is 0 Å². The lowest BCUT2D eigenvalue weighted by Gasteiger charge is -2.20. The van der Waals surface area contributed by atoms with Gasteiger partial charge in [0.15, 0.2) is 5.78 Å². The zero-order valence-electron chi connectivity index (χ0n) is 10.5. The van der Waals surface area contributed by atoms with E-state index in [4.69, 9.17) is 0 Å². The average molecular weight is 236 g/mol. The number of carbonyl (C=O) groups is 1. The van der Waals surface area contributed by atoms with Gasteiger partial charge in [-0.15, -0.1) is 12.6 Å². The highest BCUT2D eigenvalue weighted by atomic mass is 32.1. The number of carbonyl (C=O) groups excluding carboxylic acids is 1. The van der Waals surface area contributed by atoms with Crippen molar-refractivity contribution < 1.29 is 4.79 Å². The highest BCUT2D eigenvalue weighted by molar-refractivity contribution is 7.80. The van der Waals surface area contributed by atoms with Crippen LogP contribution in [-0.2, 0) is 5.41 Å². The topological polar surface area (TPSA) is 17.1 Å². The maximum atomic E-state index is 11.9. The van der Waals surface area contributed by atoms with Gasteiger partial charge in [0, 0.05) is 16.9 Å². The molecule has 88 valence electrons. The molecule has 0 spiro atoms. The lowest BCUT2D eigenvalue weighted by molar-refractivity contribution is 0.0979. The first-order chi connectivity index (χ1) is 7.36. The van der Waals surface area contributed by atoms with Crippen LogP contribution in [0.3, 0.4) is 0 Å². The van der Waals surface area contributed by atoms with Gasteiger partial charge in [-0.25, -0.2) is 0 Å². The Bertz CT molecular complexity index is 388. The number of ketones is 1. The summed E-state index contributed by atoms with van der Waals surface area (Å²) in [5, 5.41) is 0. The molecule has 0 aliphatic carbocycles. The van der Waals surface area contributed by atoms with Crippen LogP contribution < -0.4 is 0 Å². The van der Waals surface area contributed by atoms with Crippen molar-refractivity contribution in [1.82, 2.24) is 0 Å². The van der Waals surface area contributed by atoms with E-state index in [2.05, 4.69) is 33.4 Å². The Morgan fingerprint density at radius 1 is 1.31 bits per heavy atom. The normalized spacial score (nSPS) is 11.6. The van der Waals surface area contributed by atoms with Crippen molar-refractivity contribution >= 4 is 18.4 Å². The second-order valence-electron chi connectivity index (χ2n) is 5.16. The minimum absolute atomic E-state index is 0.0721. The van der Waals surface area contributed by atoms with Crippen LogP contribution in [0.25, 0.3) is 0 Å². The molecule has 0 atom stereocenters. The van der Waals surface area contributed by atoms with Gasteiger partial charge < -0.3 is 0 Å². The van der Waals surface area contributed by atoms with Gasteiger partial charge in [-0.05, 0) is 29.5 Å². The van der Waals surface area contributed by atoms with Gasteiger partial charge >= 0.3 is 0 Å². The minimum atomic E-state index is 0.0721. The summed E-state index contributed by atoms with van der Waals surface area (Å²) in [6.45, 7) is 8.46. The van der Waals surface area contributed by atoms with Crippen LogP contribution >= 0.6 is 12.6 Å². The van der Waals surface area contributed by atoms with Gasteiger partial charge in [0.05, 0.1) is 0 Å². The van der Waals surface area contributed by atoms with Crippen molar-refractivity contribution in [3.05, 3.63) is 29.3 Å². The van der Waals surface area contributed by atoms with E-state index < -0.39 is 0 Å². The van der Waals surface area contributed by atoms with Crippen LogP contribution in [0.1, 0.15) is 56.5 Å². The molecule has 0 aromatic heterocycles. The van der Waals surface area contributed by atoms with Gasteiger partial charge in [0.2, 0.25) is 0 Å². The fourth-order valence-corrected chi connectivity index (χ4v) is 1.85. The molecule has 0 aliphatic heterocycles. The first-order valence-electron chi connectivity index (χ1n) is 5.73. The fourth-order valence-electron chi connectivity index (χ4n) is 1.59. The number of hydrogen-bond acceptors (Lipinski definition) is 2. The zero-order valence-corrected chi connectivity index (χ0v) is 11.4. The molecule has 1 aromatic carbocycles. The average Bonchev–Trinajstić information content (AvgIpc) is 2.16. The minimum Gasteiger partial charge on any atom is -0.294 e. The third kappa shape index (κ3) is 3.11. The summed E-state index contributed by atoms with van der Waals surface area (Å²) in [5.74, 6) is 0.193. The number of rotatable bonds is 3. The van der Waals surface area contributed by atoms with Gasteiger partial charge in [-0.3, -0.25) is 4.79 Å². The monoisotopic (exact) mass is 236 g/mol. The Morgan fingerprint density at radius 3 is 2.44 bits per heavy atom. The molecule has 0 heterocycles. The maximum Gasteiger partial charge on any atom is 0.163 e.